The summed E-state index contributed by atoms with van der Waals surface area (Å²) in [4.78, 5) is 16.5. The van der Waals surface area contributed by atoms with Crippen LogP contribution in [0.15, 0.2) is 21.2 Å². The van der Waals surface area contributed by atoms with Crippen LogP contribution < -0.4 is 0 Å². The van der Waals surface area contributed by atoms with Gasteiger partial charge in [0.25, 0.3) is 5.91 Å². The van der Waals surface area contributed by atoms with E-state index in [0.29, 0.717) is 11.8 Å². The monoisotopic (exact) mass is 306 g/mol. The van der Waals surface area contributed by atoms with Crippen molar-refractivity contribution in [3.05, 3.63) is 34.2 Å². The summed E-state index contributed by atoms with van der Waals surface area (Å²) >= 11 is 1.55. The molecule has 1 atom stereocenters. The van der Waals surface area contributed by atoms with Crippen molar-refractivity contribution in [1.29, 1.82) is 0 Å². The van der Waals surface area contributed by atoms with Crippen LogP contribution in [0.25, 0.3) is 0 Å². The van der Waals surface area contributed by atoms with Crippen LogP contribution >= 0.6 is 11.3 Å². The van der Waals surface area contributed by atoms with Gasteiger partial charge < -0.3 is 9.32 Å². The summed E-state index contributed by atoms with van der Waals surface area (Å²) in [5.41, 5.74) is 0.786. The largest absolute Gasteiger partial charge is 0.424 e. The van der Waals surface area contributed by atoms with Gasteiger partial charge in [-0.3, -0.25) is 9.69 Å². The SMILES string of the molecule is Cc1nnc([C@H](C)N2CCN(C(=O)c3ccsc3)CC2)o1. The molecule has 1 aliphatic rings. The number of aryl methyl sites for hydroxylation is 1. The summed E-state index contributed by atoms with van der Waals surface area (Å²) in [6.45, 7) is 6.94. The molecular weight excluding hydrogens is 288 g/mol. The number of aromatic nitrogens is 2. The van der Waals surface area contributed by atoms with Gasteiger partial charge >= 0.3 is 0 Å². The van der Waals surface area contributed by atoms with E-state index in [-0.39, 0.29) is 11.9 Å². The first-order valence-corrected chi connectivity index (χ1v) is 7.95. The Morgan fingerprint density at radius 2 is 2.10 bits per heavy atom. The molecule has 112 valence electrons. The Morgan fingerprint density at radius 1 is 1.33 bits per heavy atom. The Balaban J connectivity index is 1.59. The minimum atomic E-state index is 0.0876. The van der Waals surface area contributed by atoms with Crippen molar-refractivity contribution in [2.75, 3.05) is 26.2 Å². The standard InChI is InChI=1S/C14H18N4O2S/c1-10(13-16-15-11(2)20-13)17-4-6-18(7-5-17)14(19)12-3-8-21-9-12/h3,8-10H,4-7H2,1-2H3/t10-/m0/s1. The van der Waals surface area contributed by atoms with Crippen molar-refractivity contribution in [2.24, 2.45) is 0 Å². The van der Waals surface area contributed by atoms with Crippen LogP contribution in [0.4, 0.5) is 0 Å². The third kappa shape index (κ3) is 2.98. The molecule has 0 saturated carbocycles. The van der Waals surface area contributed by atoms with Gasteiger partial charge in [-0.2, -0.15) is 11.3 Å². The highest BCUT2D eigenvalue weighted by molar-refractivity contribution is 7.08. The van der Waals surface area contributed by atoms with Gasteiger partial charge in [0.05, 0.1) is 11.6 Å². The molecule has 1 aliphatic heterocycles. The molecule has 2 aromatic rings. The van der Waals surface area contributed by atoms with Crippen molar-refractivity contribution >= 4 is 17.2 Å². The summed E-state index contributed by atoms with van der Waals surface area (Å²) in [6.07, 6.45) is 0. The Bertz CT molecular complexity index is 602. The molecule has 1 saturated heterocycles. The van der Waals surface area contributed by atoms with E-state index < -0.39 is 0 Å². The Labute approximate surface area is 127 Å². The molecule has 0 aliphatic carbocycles. The van der Waals surface area contributed by atoms with Gasteiger partial charge in [0.1, 0.15) is 0 Å². The van der Waals surface area contributed by atoms with Crippen LogP contribution in [-0.2, 0) is 0 Å². The van der Waals surface area contributed by atoms with Crippen LogP contribution in [0.2, 0.25) is 0 Å². The van der Waals surface area contributed by atoms with Crippen molar-refractivity contribution in [1.82, 2.24) is 20.0 Å². The molecule has 0 bridgehead atoms. The van der Waals surface area contributed by atoms with Crippen LogP contribution in [0.3, 0.4) is 0 Å². The predicted molar refractivity (Wildman–Crippen MR) is 79.2 cm³/mol. The van der Waals surface area contributed by atoms with Crippen molar-refractivity contribution in [2.45, 2.75) is 19.9 Å². The zero-order valence-electron chi connectivity index (χ0n) is 12.2. The fourth-order valence-corrected chi connectivity index (χ4v) is 3.15. The summed E-state index contributed by atoms with van der Waals surface area (Å²) in [7, 11) is 0. The van der Waals surface area contributed by atoms with Crippen molar-refractivity contribution in [3.63, 3.8) is 0 Å². The quantitative estimate of drug-likeness (QED) is 0.867. The molecule has 3 heterocycles. The average Bonchev–Trinajstić information content (AvgIpc) is 3.17. The highest BCUT2D eigenvalue weighted by atomic mass is 32.1. The lowest BCUT2D eigenvalue weighted by Gasteiger charge is -2.36. The number of carbonyl (C=O) groups is 1. The fraction of sp³-hybridized carbons (Fsp3) is 0.500. The van der Waals surface area contributed by atoms with E-state index in [1.165, 1.54) is 0 Å². The summed E-state index contributed by atoms with van der Waals surface area (Å²) < 4.78 is 5.49. The van der Waals surface area contributed by atoms with E-state index in [1.807, 2.05) is 21.7 Å². The molecule has 0 unspecified atom stereocenters. The predicted octanol–water partition coefficient (Wildman–Crippen LogP) is 1.96. The molecule has 7 heteroatoms. The number of thiophene rings is 1. The van der Waals surface area contributed by atoms with E-state index in [1.54, 1.807) is 18.3 Å². The van der Waals surface area contributed by atoms with E-state index in [0.717, 1.165) is 31.7 Å². The van der Waals surface area contributed by atoms with E-state index in [4.69, 9.17) is 4.42 Å². The maximum Gasteiger partial charge on any atom is 0.254 e. The van der Waals surface area contributed by atoms with Crippen LogP contribution in [0.1, 0.15) is 35.1 Å². The van der Waals surface area contributed by atoms with Crippen LogP contribution in [0.5, 0.6) is 0 Å². The maximum atomic E-state index is 12.3. The lowest BCUT2D eigenvalue weighted by atomic mass is 10.2. The van der Waals surface area contributed by atoms with Gasteiger partial charge in [-0.25, -0.2) is 0 Å². The van der Waals surface area contributed by atoms with E-state index in [9.17, 15) is 4.79 Å². The average molecular weight is 306 g/mol. The van der Waals surface area contributed by atoms with Crippen molar-refractivity contribution < 1.29 is 9.21 Å². The maximum absolute atomic E-state index is 12.3. The highest BCUT2D eigenvalue weighted by Gasteiger charge is 2.27. The third-order valence-corrected chi connectivity index (χ3v) is 4.50. The number of carbonyl (C=O) groups excluding carboxylic acids is 1. The van der Waals surface area contributed by atoms with E-state index in [2.05, 4.69) is 22.0 Å². The summed E-state index contributed by atoms with van der Waals surface area (Å²) in [6, 6.07) is 1.97. The van der Waals surface area contributed by atoms with Gasteiger partial charge in [0, 0.05) is 38.5 Å². The van der Waals surface area contributed by atoms with E-state index >= 15 is 0 Å². The lowest BCUT2D eigenvalue weighted by molar-refractivity contribution is 0.0558. The molecule has 21 heavy (non-hydrogen) atoms. The number of rotatable bonds is 3. The molecule has 0 N–H and O–H groups in total. The van der Waals surface area contributed by atoms with Crippen LogP contribution in [0, 0.1) is 6.92 Å². The molecule has 0 radical (unpaired) electrons. The molecule has 0 aromatic carbocycles. The summed E-state index contributed by atoms with van der Waals surface area (Å²) in [5, 5.41) is 11.8. The molecule has 0 spiro atoms. The fourth-order valence-electron chi connectivity index (χ4n) is 2.52. The zero-order valence-corrected chi connectivity index (χ0v) is 13.0. The zero-order chi connectivity index (χ0) is 14.8. The van der Waals surface area contributed by atoms with Gasteiger partial charge in [-0.1, -0.05) is 0 Å². The minimum absolute atomic E-state index is 0.0876. The van der Waals surface area contributed by atoms with Gasteiger partial charge in [0.2, 0.25) is 11.8 Å². The molecule has 1 fully saturated rings. The second kappa shape index (κ2) is 5.95. The van der Waals surface area contributed by atoms with Crippen molar-refractivity contribution in [3.8, 4) is 0 Å². The number of nitrogens with zero attached hydrogens (tertiary/aromatic N) is 4. The van der Waals surface area contributed by atoms with Crippen LogP contribution in [-0.4, -0.2) is 52.1 Å². The van der Waals surface area contributed by atoms with Gasteiger partial charge in [-0.05, 0) is 18.4 Å². The molecule has 6 nitrogen and oxygen atoms in total. The topological polar surface area (TPSA) is 62.5 Å². The Morgan fingerprint density at radius 3 is 2.67 bits per heavy atom. The summed E-state index contributed by atoms with van der Waals surface area (Å²) in [5.74, 6) is 1.35. The number of piperazine rings is 1. The number of amides is 1. The number of hydrogen-bond acceptors (Lipinski definition) is 6. The molecular formula is C14H18N4O2S. The second-order valence-corrected chi connectivity index (χ2v) is 5.96. The normalized spacial score (nSPS) is 17.9. The Hall–Kier alpha value is -1.73. The minimum Gasteiger partial charge on any atom is -0.424 e. The first kappa shape index (κ1) is 14.2. The molecule has 3 rings (SSSR count). The highest BCUT2D eigenvalue weighted by Crippen LogP contribution is 2.21. The molecule has 1 amide bonds. The smallest absolute Gasteiger partial charge is 0.254 e. The number of hydrogen-bond donors (Lipinski definition) is 0. The van der Waals surface area contributed by atoms with Gasteiger partial charge in [-0.15, -0.1) is 10.2 Å². The Kier molecular flexibility index (Phi) is 4.03. The first-order chi connectivity index (χ1) is 10.1. The lowest BCUT2D eigenvalue weighted by Crippen LogP contribution is -2.49. The third-order valence-electron chi connectivity index (χ3n) is 3.82. The van der Waals surface area contributed by atoms with Gasteiger partial charge in [0.15, 0.2) is 0 Å². The first-order valence-electron chi connectivity index (χ1n) is 7.00. The molecule has 2 aromatic heterocycles. The second-order valence-electron chi connectivity index (χ2n) is 5.18.